The molecule has 1 saturated carbocycles. The van der Waals surface area contributed by atoms with Gasteiger partial charge >= 0.3 is 0 Å². The summed E-state index contributed by atoms with van der Waals surface area (Å²) in [5, 5.41) is 12.6. The van der Waals surface area contributed by atoms with Gasteiger partial charge in [-0.15, -0.1) is 0 Å². The Labute approximate surface area is 110 Å². The van der Waals surface area contributed by atoms with Crippen LogP contribution in [0.1, 0.15) is 41.5 Å². The molecule has 0 heterocycles. The van der Waals surface area contributed by atoms with Gasteiger partial charge in [0.25, 0.3) is 0 Å². The fourth-order valence-corrected chi connectivity index (χ4v) is 2.57. The van der Waals surface area contributed by atoms with Crippen LogP contribution >= 0.6 is 0 Å². The van der Waals surface area contributed by atoms with Gasteiger partial charge in [0.05, 0.1) is 11.5 Å². The maximum Gasteiger partial charge on any atom is 0.0703 e. The molecule has 0 saturated heterocycles. The van der Waals surface area contributed by atoms with Crippen molar-refractivity contribution in [3.8, 4) is 6.07 Å². The standard InChI is InChI=1S/C16H22N2/c1-12-5-6-15(14(3)13(12)2)9-18-11-16(10-17)7-4-8-16/h5-6,18H,4,7-9,11H2,1-3H3. The van der Waals surface area contributed by atoms with Gasteiger partial charge in [-0.25, -0.2) is 0 Å². The second-order valence-electron chi connectivity index (χ2n) is 5.64. The van der Waals surface area contributed by atoms with E-state index >= 15 is 0 Å². The summed E-state index contributed by atoms with van der Waals surface area (Å²) >= 11 is 0. The zero-order valence-electron chi connectivity index (χ0n) is 11.6. The summed E-state index contributed by atoms with van der Waals surface area (Å²) in [6.45, 7) is 8.21. The van der Waals surface area contributed by atoms with E-state index in [0.717, 1.165) is 25.9 Å². The number of rotatable bonds is 4. The molecule has 0 unspecified atom stereocenters. The first-order valence-corrected chi connectivity index (χ1v) is 6.76. The molecule has 96 valence electrons. The maximum atomic E-state index is 9.18. The van der Waals surface area contributed by atoms with Crippen LogP contribution in [0.2, 0.25) is 0 Å². The van der Waals surface area contributed by atoms with E-state index in [1.54, 1.807) is 0 Å². The van der Waals surface area contributed by atoms with Crippen LogP contribution in [0.3, 0.4) is 0 Å². The van der Waals surface area contributed by atoms with Gasteiger partial charge in [0.2, 0.25) is 0 Å². The summed E-state index contributed by atoms with van der Waals surface area (Å²) in [5.41, 5.74) is 5.39. The Kier molecular flexibility index (Phi) is 3.73. The van der Waals surface area contributed by atoms with Crippen LogP contribution in [-0.2, 0) is 6.54 Å². The highest BCUT2D eigenvalue weighted by Gasteiger charge is 2.36. The fourth-order valence-electron chi connectivity index (χ4n) is 2.57. The maximum absolute atomic E-state index is 9.18. The predicted octanol–water partition coefficient (Wildman–Crippen LogP) is 3.40. The molecule has 18 heavy (non-hydrogen) atoms. The lowest BCUT2D eigenvalue weighted by Gasteiger charge is -2.35. The number of hydrogen-bond donors (Lipinski definition) is 1. The van der Waals surface area contributed by atoms with Crippen LogP contribution in [0, 0.1) is 37.5 Å². The third-order valence-electron chi connectivity index (χ3n) is 4.50. The van der Waals surface area contributed by atoms with E-state index in [9.17, 15) is 5.26 Å². The lowest BCUT2D eigenvalue weighted by molar-refractivity contribution is 0.206. The summed E-state index contributed by atoms with van der Waals surface area (Å²) in [4.78, 5) is 0. The first kappa shape index (κ1) is 13.1. The molecular weight excluding hydrogens is 220 g/mol. The summed E-state index contributed by atoms with van der Waals surface area (Å²) in [5.74, 6) is 0. The van der Waals surface area contributed by atoms with Crippen molar-refractivity contribution in [1.29, 1.82) is 5.26 Å². The minimum atomic E-state index is -0.0757. The fraction of sp³-hybridized carbons (Fsp3) is 0.562. The molecule has 0 spiro atoms. The summed E-state index contributed by atoms with van der Waals surface area (Å²) < 4.78 is 0. The van der Waals surface area contributed by atoms with E-state index in [1.807, 2.05) is 0 Å². The number of hydrogen-bond acceptors (Lipinski definition) is 2. The molecule has 0 amide bonds. The molecule has 0 radical (unpaired) electrons. The molecule has 1 aliphatic carbocycles. The van der Waals surface area contributed by atoms with Crippen molar-refractivity contribution in [1.82, 2.24) is 5.32 Å². The Bertz CT molecular complexity index is 479. The van der Waals surface area contributed by atoms with E-state index < -0.39 is 0 Å². The molecule has 1 N–H and O–H groups in total. The number of nitriles is 1. The van der Waals surface area contributed by atoms with E-state index in [4.69, 9.17) is 0 Å². The highest BCUT2D eigenvalue weighted by atomic mass is 14.9. The number of nitrogens with zero attached hydrogens (tertiary/aromatic N) is 1. The molecule has 0 aromatic heterocycles. The molecule has 1 aliphatic rings. The molecule has 0 bridgehead atoms. The number of nitrogens with one attached hydrogen (secondary N) is 1. The molecule has 1 aromatic carbocycles. The summed E-state index contributed by atoms with van der Waals surface area (Å²) in [6.07, 6.45) is 3.32. The third-order valence-corrected chi connectivity index (χ3v) is 4.50. The van der Waals surface area contributed by atoms with Gasteiger partial charge in [0.15, 0.2) is 0 Å². The van der Waals surface area contributed by atoms with Gasteiger partial charge in [-0.2, -0.15) is 5.26 Å². The quantitative estimate of drug-likeness (QED) is 0.878. The first-order chi connectivity index (χ1) is 8.58. The first-order valence-electron chi connectivity index (χ1n) is 6.76. The average Bonchev–Trinajstić information content (AvgIpc) is 2.32. The van der Waals surface area contributed by atoms with Crippen LogP contribution < -0.4 is 5.32 Å². The van der Waals surface area contributed by atoms with Crippen molar-refractivity contribution in [2.75, 3.05) is 6.54 Å². The highest BCUT2D eigenvalue weighted by molar-refractivity contribution is 5.38. The van der Waals surface area contributed by atoms with Crippen molar-refractivity contribution < 1.29 is 0 Å². The third kappa shape index (κ3) is 2.42. The van der Waals surface area contributed by atoms with Crippen molar-refractivity contribution >= 4 is 0 Å². The minimum Gasteiger partial charge on any atom is -0.311 e. The van der Waals surface area contributed by atoms with Gasteiger partial charge in [-0.1, -0.05) is 18.6 Å². The normalized spacial score (nSPS) is 17.0. The number of aryl methyl sites for hydroxylation is 1. The van der Waals surface area contributed by atoms with E-state index in [1.165, 1.54) is 28.7 Å². The molecular formula is C16H22N2. The van der Waals surface area contributed by atoms with Crippen molar-refractivity contribution in [3.05, 3.63) is 34.4 Å². The second-order valence-corrected chi connectivity index (χ2v) is 5.64. The molecule has 0 aliphatic heterocycles. The average molecular weight is 242 g/mol. The summed E-state index contributed by atoms with van der Waals surface area (Å²) in [6, 6.07) is 6.86. The van der Waals surface area contributed by atoms with Crippen molar-refractivity contribution in [2.24, 2.45) is 5.41 Å². The van der Waals surface area contributed by atoms with Crippen LogP contribution in [0.4, 0.5) is 0 Å². The molecule has 2 heteroatoms. The second kappa shape index (κ2) is 5.12. The van der Waals surface area contributed by atoms with Crippen molar-refractivity contribution in [3.63, 3.8) is 0 Å². The van der Waals surface area contributed by atoms with Gasteiger partial charge < -0.3 is 5.32 Å². The monoisotopic (exact) mass is 242 g/mol. The van der Waals surface area contributed by atoms with Crippen LogP contribution in [0.25, 0.3) is 0 Å². The molecule has 2 nitrogen and oxygen atoms in total. The Morgan fingerprint density at radius 2 is 1.94 bits per heavy atom. The smallest absolute Gasteiger partial charge is 0.0703 e. The van der Waals surface area contributed by atoms with Gasteiger partial charge in [0, 0.05) is 13.1 Å². The van der Waals surface area contributed by atoms with Crippen LogP contribution in [0.15, 0.2) is 12.1 Å². The van der Waals surface area contributed by atoms with Gasteiger partial charge in [0.1, 0.15) is 0 Å². The highest BCUT2D eigenvalue weighted by Crippen LogP contribution is 2.39. The Hall–Kier alpha value is -1.33. The Morgan fingerprint density at radius 1 is 1.22 bits per heavy atom. The molecule has 1 fully saturated rings. The van der Waals surface area contributed by atoms with E-state index in [2.05, 4.69) is 44.3 Å². The van der Waals surface area contributed by atoms with Crippen LogP contribution in [-0.4, -0.2) is 6.54 Å². The summed E-state index contributed by atoms with van der Waals surface area (Å²) in [7, 11) is 0. The Balaban J connectivity index is 1.95. The topological polar surface area (TPSA) is 35.8 Å². The van der Waals surface area contributed by atoms with Gasteiger partial charge in [-0.3, -0.25) is 0 Å². The van der Waals surface area contributed by atoms with Crippen molar-refractivity contribution in [2.45, 2.75) is 46.6 Å². The SMILES string of the molecule is Cc1ccc(CNCC2(C#N)CCC2)c(C)c1C. The molecule has 0 atom stereocenters. The predicted molar refractivity (Wildman–Crippen MR) is 74.3 cm³/mol. The zero-order valence-corrected chi connectivity index (χ0v) is 11.6. The minimum absolute atomic E-state index is 0.0757. The van der Waals surface area contributed by atoms with Crippen LogP contribution in [0.5, 0.6) is 0 Å². The lowest BCUT2D eigenvalue weighted by atomic mass is 9.70. The Morgan fingerprint density at radius 3 is 2.50 bits per heavy atom. The molecule has 2 rings (SSSR count). The number of benzene rings is 1. The lowest BCUT2D eigenvalue weighted by Crippen LogP contribution is -2.38. The largest absolute Gasteiger partial charge is 0.311 e. The van der Waals surface area contributed by atoms with E-state index in [-0.39, 0.29) is 5.41 Å². The zero-order chi connectivity index (χ0) is 13.2. The van der Waals surface area contributed by atoms with Gasteiger partial charge in [-0.05, 0) is 55.9 Å². The molecule has 1 aromatic rings. The van der Waals surface area contributed by atoms with E-state index in [0.29, 0.717) is 0 Å².